The Morgan fingerprint density at radius 2 is 1.17 bits per heavy atom. The zero-order valence-electron chi connectivity index (χ0n) is 30.8. The number of carboxylic acids is 1. The number of carbonyl (C=O) groups excluding carboxylic acids is 6. The first-order valence-corrected chi connectivity index (χ1v) is 17.4. The van der Waals surface area contributed by atoms with Gasteiger partial charge in [-0.25, -0.2) is 9.59 Å². The van der Waals surface area contributed by atoms with E-state index in [1.54, 1.807) is 44.2 Å². The highest BCUT2D eigenvalue weighted by Crippen LogP contribution is 2.12. The van der Waals surface area contributed by atoms with E-state index in [1.807, 2.05) is 13.8 Å². The van der Waals surface area contributed by atoms with Crippen LogP contribution in [0.2, 0.25) is 0 Å². The Morgan fingerprint density at radius 3 is 1.62 bits per heavy atom. The van der Waals surface area contributed by atoms with E-state index in [-0.39, 0.29) is 56.4 Å². The molecule has 6 unspecified atom stereocenters. The van der Waals surface area contributed by atoms with E-state index in [0.29, 0.717) is 5.56 Å². The van der Waals surface area contributed by atoms with Crippen molar-refractivity contribution in [3.05, 3.63) is 35.9 Å². The molecule has 0 bridgehead atoms. The number of aliphatic imine (C=N–C) groups is 1. The second-order valence-corrected chi connectivity index (χ2v) is 13.6. The van der Waals surface area contributed by atoms with Crippen LogP contribution in [-0.4, -0.2) is 107 Å². The van der Waals surface area contributed by atoms with Gasteiger partial charge in [-0.2, -0.15) is 0 Å². The summed E-state index contributed by atoms with van der Waals surface area (Å²) in [6, 6.07) is 1.05. The number of carbonyl (C=O) groups is 7. The summed E-state index contributed by atoms with van der Waals surface area (Å²) >= 11 is 0. The lowest BCUT2D eigenvalue weighted by Gasteiger charge is -2.28. The predicted octanol–water partition coefficient (Wildman–Crippen LogP) is -3.64. The first-order chi connectivity index (χ1) is 24.8. The maximum absolute atomic E-state index is 13.8. The largest absolute Gasteiger partial charge is 0.480 e. The van der Waals surface area contributed by atoms with Gasteiger partial charge in [-0.1, -0.05) is 58.0 Å². The van der Waals surface area contributed by atoms with E-state index in [1.165, 1.54) is 0 Å². The van der Waals surface area contributed by atoms with Gasteiger partial charge >= 0.3 is 11.9 Å². The van der Waals surface area contributed by atoms with E-state index in [0.717, 1.165) is 0 Å². The number of quaternary nitrogens is 1. The minimum Gasteiger partial charge on any atom is -0.480 e. The number of hydrogen-bond acceptors (Lipinski definition) is 10. The summed E-state index contributed by atoms with van der Waals surface area (Å²) in [5.74, 6) is -6.51. The minimum atomic E-state index is -1.61. The maximum atomic E-state index is 13.8. The minimum absolute atomic E-state index is 0.0398. The average molecular weight is 750 g/mol. The summed E-state index contributed by atoms with van der Waals surface area (Å²) in [6.45, 7) is 6.69. The number of rotatable bonds is 24. The number of aliphatic hydroxyl groups is 1. The number of aliphatic hydroxyl groups excluding tert-OH is 1. The average Bonchev–Trinajstić information content (AvgIpc) is 3.07. The van der Waals surface area contributed by atoms with Crippen molar-refractivity contribution in [1.82, 2.24) is 26.6 Å². The number of aliphatic carboxylic acids is 1. The highest BCUT2D eigenvalue weighted by Gasteiger charge is 2.34. The molecule has 16 N–H and O–H groups in total. The van der Waals surface area contributed by atoms with Gasteiger partial charge in [0.2, 0.25) is 29.5 Å². The smallest absolute Gasteiger partial charge is 0.326 e. The normalized spacial score (nSPS) is 14.4. The van der Waals surface area contributed by atoms with Crippen LogP contribution in [0.25, 0.3) is 0 Å². The van der Waals surface area contributed by atoms with Crippen molar-refractivity contribution in [3.63, 3.8) is 0 Å². The molecule has 6 atom stereocenters. The van der Waals surface area contributed by atoms with Gasteiger partial charge in [0.25, 0.3) is 0 Å². The number of nitrogens with two attached hydrogens (primary N) is 3. The van der Waals surface area contributed by atoms with Crippen LogP contribution in [0.4, 0.5) is 0 Å². The van der Waals surface area contributed by atoms with Gasteiger partial charge in [-0.3, -0.25) is 34.7 Å². The molecule has 0 heterocycles. The Kier molecular flexibility index (Phi) is 20.3. The molecule has 0 aliphatic heterocycles. The van der Waals surface area contributed by atoms with E-state index >= 15 is 0 Å². The maximum Gasteiger partial charge on any atom is 0.326 e. The predicted molar refractivity (Wildman–Crippen MR) is 194 cm³/mol. The van der Waals surface area contributed by atoms with Gasteiger partial charge in [-0.05, 0) is 43.1 Å². The van der Waals surface area contributed by atoms with Crippen LogP contribution >= 0.6 is 0 Å². The highest BCUT2D eigenvalue weighted by molar-refractivity contribution is 5.96. The summed E-state index contributed by atoms with van der Waals surface area (Å²) in [5.41, 5.74) is 20.3. The molecule has 1 rings (SSSR count). The lowest BCUT2D eigenvalue weighted by molar-refractivity contribution is -0.306. The van der Waals surface area contributed by atoms with E-state index < -0.39 is 90.7 Å². The number of carboxylic acid groups (broad SMARTS) is 1. The highest BCUT2D eigenvalue weighted by atomic mass is 16.4. The molecule has 296 valence electrons. The Bertz CT molecular complexity index is 1420. The molecule has 0 aromatic heterocycles. The summed E-state index contributed by atoms with van der Waals surface area (Å²) < 4.78 is 0. The molecule has 0 fully saturated rings. The van der Waals surface area contributed by atoms with Gasteiger partial charge in [0.05, 0.1) is 13.0 Å². The van der Waals surface area contributed by atoms with Crippen LogP contribution in [0, 0.1) is 11.8 Å². The van der Waals surface area contributed by atoms with Crippen molar-refractivity contribution < 1.29 is 49.5 Å². The van der Waals surface area contributed by atoms with Gasteiger partial charge in [0, 0.05) is 13.0 Å². The summed E-state index contributed by atoms with van der Waals surface area (Å²) in [7, 11) is 0. The molecule has 0 radical (unpaired) electrons. The van der Waals surface area contributed by atoms with Crippen LogP contribution in [0.15, 0.2) is 35.3 Å². The molecular weight excluding hydrogens is 692 g/mol. The van der Waals surface area contributed by atoms with Crippen molar-refractivity contribution >= 4 is 47.4 Å². The van der Waals surface area contributed by atoms with Crippen molar-refractivity contribution in [2.75, 3.05) is 13.2 Å². The third kappa shape index (κ3) is 18.3. The lowest BCUT2D eigenvalue weighted by Crippen LogP contribution is -2.61. The van der Waals surface area contributed by atoms with Crippen molar-refractivity contribution in [2.45, 2.75) is 102 Å². The molecule has 1 aromatic carbocycles. The summed E-state index contributed by atoms with van der Waals surface area (Å²) in [6.07, 6.45) is -0.134. The zero-order chi connectivity index (χ0) is 40.2. The first kappa shape index (κ1) is 45.9. The third-order valence-corrected chi connectivity index (χ3v) is 7.75. The van der Waals surface area contributed by atoms with Gasteiger partial charge in [0.1, 0.15) is 36.3 Å². The van der Waals surface area contributed by atoms with Crippen molar-refractivity contribution in [1.29, 1.82) is 0 Å². The van der Waals surface area contributed by atoms with Gasteiger partial charge < -0.3 is 54.0 Å². The molecule has 19 heteroatoms. The molecule has 1 aromatic rings. The third-order valence-electron chi connectivity index (χ3n) is 7.75. The first-order valence-electron chi connectivity index (χ1n) is 17.4. The molecule has 6 amide bonds. The molecule has 0 saturated heterocycles. The zero-order valence-corrected chi connectivity index (χ0v) is 30.8. The molecule has 0 saturated carbocycles. The van der Waals surface area contributed by atoms with Crippen molar-refractivity contribution in [2.24, 2.45) is 34.0 Å². The Hall–Kier alpha value is -5.14. The number of amides is 6. The van der Waals surface area contributed by atoms with Crippen LogP contribution in [0.3, 0.4) is 0 Å². The second kappa shape index (κ2) is 23.4. The molecular formula is C34H57N10O9+. The van der Waals surface area contributed by atoms with Crippen LogP contribution in [0.1, 0.15) is 65.4 Å². The summed E-state index contributed by atoms with van der Waals surface area (Å²) in [4.78, 5) is 94.1. The molecule has 53 heavy (non-hydrogen) atoms. The fourth-order valence-corrected chi connectivity index (χ4v) is 5.12. The van der Waals surface area contributed by atoms with Crippen LogP contribution < -0.4 is 49.5 Å². The fourth-order valence-electron chi connectivity index (χ4n) is 5.12. The van der Waals surface area contributed by atoms with E-state index in [4.69, 9.17) is 17.2 Å². The molecule has 0 aliphatic carbocycles. The SMILES string of the molecule is CC(C)CC(NC(=O)C(Cc1ccccc1)NC(=O)C(N)CO)C(=O)NC(CC(C)C)C(=O)NC(CCCN=C(N)N)C(=O)NC(CC([NH3+])=O)C(=O)O. The topological polar surface area (TPSA) is 338 Å². The fraction of sp³-hybridized carbons (Fsp3) is 0.588. The number of nitrogens with zero attached hydrogens (tertiary/aromatic N) is 1. The lowest BCUT2D eigenvalue weighted by atomic mass is 9.98. The van der Waals surface area contributed by atoms with Crippen LogP contribution in [-0.2, 0) is 40.0 Å². The number of guanidine groups is 1. The van der Waals surface area contributed by atoms with Gasteiger partial charge in [-0.15, -0.1) is 0 Å². The molecule has 19 nitrogen and oxygen atoms in total. The Morgan fingerprint density at radius 1 is 0.717 bits per heavy atom. The van der Waals surface area contributed by atoms with Crippen molar-refractivity contribution in [3.8, 4) is 0 Å². The number of hydrogen-bond donors (Lipinski definition) is 11. The standard InChI is InChI=1S/C34H56N10O9/c1-18(2)13-23(30(49)40-22(11-8-12-39-34(37)38)29(48)44-26(33(52)53)16-27(36)46)42-31(50)24(14-19(3)4)43-32(51)25(41-28(47)21(35)17-45)15-20-9-6-5-7-10-20/h5-7,9-10,18-19,21-26,45H,8,11-17,35H2,1-4H3,(H2,36,46)(H,40,49)(H,41,47)(H,42,50)(H,43,51)(H,44,48)(H,52,53)(H4,37,38,39)/p+1. The summed E-state index contributed by atoms with van der Waals surface area (Å²) in [5, 5.41) is 31.6. The Balaban J connectivity index is 3.33. The molecule has 0 spiro atoms. The van der Waals surface area contributed by atoms with Gasteiger partial charge in [0.15, 0.2) is 5.96 Å². The van der Waals surface area contributed by atoms with E-state index in [2.05, 4.69) is 37.3 Å². The Labute approximate surface area is 308 Å². The van der Waals surface area contributed by atoms with Crippen LogP contribution in [0.5, 0.6) is 0 Å². The number of benzene rings is 1. The second-order valence-electron chi connectivity index (χ2n) is 13.6. The quantitative estimate of drug-likeness (QED) is 0.0277. The molecule has 0 aliphatic rings. The van der Waals surface area contributed by atoms with E-state index in [9.17, 15) is 43.8 Å². The monoisotopic (exact) mass is 749 g/mol. The number of nitrogens with one attached hydrogen (secondary N) is 5.